The number of hydrogen-bond acceptors (Lipinski definition) is 5. The van der Waals surface area contributed by atoms with Crippen molar-refractivity contribution < 1.29 is 22.7 Å². The first-order chi connectivity index (χ1) is 13.9. The smallest absolute Gasteiger partial charge is 0.267 e. The summed E-state index contributed by atoms with van der Waals surface area (Å²) in [6.45, 7) is 4.98. The molecule has 0 aliphatic carbocycles. The quantitative estimate of drug-likeness (QED) is 0.765. The van der Waals surface area contributed by atoms with Crippen LogP contribution in [0.4, 0.5) is 0 Å². The summed E-state index contributed by atoms with van der Waals surface area (Å²) in [7, 11) is -3.59. The highest BCUT2D eigenvalue weighted by molar-refractivity contribution is 7.89. The molecule has 1 fully saturated rings. The Morgan fingerprint density at radius 1 is 1.00 bits per heavy atom. The minimum Gasteiger partial charge on any atom is -0.485 e. The highest BCUT2D eigenvalue weighted by Gasteiger charge is 2.35. The van der Waals surface area contributed by atoms with Crippen LogP contribution < -0.4 is 9.47 Å². The topological polar surface area (TPSA) is 76.2 Å². The molecule has 154 valence electrons. The van der Waals surface area contributed by atoms with Gasteiger partial charge in [-0.1, -0.05) is 24.3 Å². The van der Waals surface area contributed by atoms with Gasteiger partial charge in [0.25, 0.3) is 5.91 Å². The molecule has 1 amide bonds. The van der Waals surface area contributed by atoms with Gasteiger partial charge in [-0.05, 0) is 43.2 Å². The number of sulfonamides is 1. The van der Waals surface area contributed by atoms with E-state index < -0.39 is 16.1 Å². The molecule has 2 aliphatic heterocycles. The number of carbonyl (C=O) groups excluding carboxylic acids is 1. The van der Waals surface area contributed by atoms with Crippen LogP contribution in [-0.2, 0) is 14.8 Å². The van der Waals surface area contributed by atoms with Crippen LogP contribution in [0, 0.1) is 13.8 Å². The van der Waals surface area contributed by atoms with Gasteiger partial charge in [-0.2, -0.15) is 4.31 Å². The zero-order chi connectivity index (χ0) is 20.6. The first-order valence-electron chi connectivity index (χ1n) is 9.61. The molecule has 0 spiro atoms. The highest BCUT2D eigenvalue weighted by Crippen LogP contribution is 2.31. The predicted octanol–water partition coefficient (Wildman–Crippen LogP) is 1.98. The Hall–Kier alpha value is -2.58. The van der Waals surface area contributed by atoms with Gasteiger partial charge in [0, 0.05) is 26.2 Å². The maximum Gasteiger partial charge on any atom is 0.267 e. The number of carbonyl (C=O) groups is 1. The molecule has 7 nitrogen and oxygen atoms in total. The zero-order valence-electron chi connectivity index (χ0n) is 16.5. The van der Waals surface area contributed by atoms with Gasteiger partial charge in [0.05, 0.1) is 4.90 Å². The van der Waals surface area contributed by atoms with Crippen LogP contribution in [0.15, 0.2) is 47.4 Å². The fraction of sp³-hybridized carbons (Fsp3) is 0.381. The van der Waals surface area contributed by atoms with E-state index in [1.54, 1.807) is 30.0 Å². The molecule has 2 aromatic carbocycles. The van der Waals surface area contributed by atoms with Gasteiger partial charge >= 0.3 is 0 Å². The van der Waals surface area contributed by atoms with E-state index >= 15 is 0 Å². The molecule has 1 saturated heterocycles. The molecule has 0 aromatic heterocycles. The largest absolute Gasteiger partial charge is 0.485 e. The molecule has 0 bridgehead atoms. The minimum atomic E-state index is -3.59. The van der Waals surface area contributed by atoms with Crippen molar-refractivity contribution in [1.29, 1.82) is 0 Å². The van der Waals surface area contributed by atoms with E-state index in [0.29, 0.717) is 29.5 Å². The van der Waals surface area contributed by atoms with Gasteiger partial charge in [0.15, 0.2) is 11.5 Å². The second-order valence-electron chi connectivity index (χ2n) is 7.36. The van der Waals surface area contributed by atoms with Crippen molar-refractivity contribution in [1.82, 2.24) is 9.21 Å². The molecule has 8 heteroatoms. The van der Waals surface area contributed by atoms with Crippen LogP contribution in [0.5, 0.6) is 11.5 Å². The molecular formula is C21H24N2O5S. The summed E-state index contributed by atoms with van der Waals surface area (Å²) in [6.07, 6.45) is -0.716. The van der Waals surface area contributed by atoms with E-state index in [-0.39, 0.29) is 25.6 Å². The molecule has 2 aliphatic rings. The van der Waals surface area contributed by atoms with Gasteiger partial charge in [-0.25, -0.2) is 8.42 Å². The Bertz CT molecular complexity index is 1030. The summed E-state index contributed by atoms with van der Waals surface area (Å²) in [5.74, 6) is 0.998. The number of benzene rings is 2. The summed E-state index contributed by atoms with van der Waals surface area (Å²) < 4.78 is 39.0. The Morgan fingerprint density at radius 3 is 2.41 bits per heavy atom. The summed E-state index contributed by atoms with van der Waals surface area (Å²) in [5, 5.41) is 0. The van der Waals surface area contributed by atoms with Crippen LogP contribution in [0.2, 0.25) is 0 Å². The number of fused-ring (bicyclic) bond motifs is 1. The van der Waals surface area contributed by atoms with Crippen LogP contribution in [0.1, 0.15) is 11.1 Å². The number of hydrogen-bond donors (Lipinski definition) is 0. The van der Waals surface area contributed by atoms with Gasteiger partial charge in [0.1, 0.15) is 6.61 Å². The van der Waals surface area contributed by atoms with Crippen molar-refractivity contribution in [2.75, 3.05) is 32.8 Å². The van der Waals surface area contributed by atoms with Crippen molar-refractivity contribution in [2.24, 2.45) is 0 Å². The highest BCUT2D eigenvalue weighted by atomic mass is 32.2. The molecule has 2 aromatic rings. The third-order valence-corrected chi connectivity index (χ3v) is 7.34. The molecule has 1 atom stereocenters. The molecule has 4 rings (SSSR count). The number of rotatable bonds is 3. The molecule has 2 heterocycles. The van der Waals surface area contributed by atoms with Crippen LogP contribution in [-0.4, -0.2) is 62.4 Å². The molecule has 1 unspecified atom stereocenters. The van der Waals surface area contributed by atoms with Crippen molar-refractivity contribution in [3.05, 3.63) is 53.6 Å². The number of ether oxygens (including phenoxy) is 2. The van der Waals surface area contributed by atoms with Crippen molar-refractivity contribution in [3.8, 4) is 11.5 Å². The third kappa shape index (κ3) is 3.82. The molecule has 0 radical (unpaired) electrons. The Morgan fingerprint density at radius 2 is 1.69 bits per heavy atom. The van der Waals surface area contributed by atoms with Gasteiger partial charge in [0.2, 0.25) is 16.1 Å². The SMILES string of the molecule is Cc1ccc(C)c(S(=O)(=O)N2CCN(C(=O)C3COc4ccccc4O3)CC2)c1. The lowest BCUT2D eigenvalue weighted by molar-refractivity contribution is -0.142. The number of amides is 1. The first kappa shape index (κ1) is 19.7. The third-order valence-electron chi connectivity index (χ3n) is 5.30. The summed E-state index contributed by atoms with van der Waals surface area (Å²) in [4.78, 5) is 14.8. The number of piperazine rings is 1. The molecule has 0 saturated carbocycles. The fourth-order valence-electron chi connectivity index (χ4n) is 3.62. The maximum atomic E-state index is 13.1. The van der Waals surface area contributed by atoms with Crippen molar-refractivity contribution >= 4 is 15.9 Å². The van der Waals surface area contributed by atoms with Crippen LogP contribution in [0.25, 0.3) is 0 Å². The van der Waals surface area contributed by atoms with E-state index in [0.717, 1.165) is 11.1 Å². The van der Waals surface area contributed by atoms with Crippen molar-refractivity contribution in [2.45, 2.75) is 24.8 Å². The van der Waals surface area contributed by atoms with Gasteiger partial charge in [-0.15, -0.1) is 0 Å². The van der Waals surface area contributed by atoms with Crippen LogP contribution >= 0.6 is 0 Å². The summed E-state index contributed by atoms with van der Waals surface area (Å²) >= 11 is 0. The standard InChI is InChI=1S/C21H24N2O5S/c1-15-7-8-16(2)20(13-15)29(25,26)23-11-9-22(10-12-23)21(24)19-14-27-17-5-3-4-6-18(17)28-19/h3-8,13,19H,9-12,14H2,1-2H3. The molecule has 0 N–H and O–H groups in total. The fourth-order valence-corrected chi connectivity index (χ4v) is 5.35. The van der Waals surface area contributed by atoms with Crippen LogP contribution in [0.3, 0.4) is 0 Å². The molecule has 29 heavy (non-hydrogen) atoms. The lowest BCUT2D eigenvalue weighted by Gasteiger charge is -2.36. The summed E-state index contributed by atoms with van der Waals surface area (Å²) in [5.41, 5.74) is 1.62. The van der Waals surface area contributed by atoms with E-state index in [4.69, 9.17) is 9.47 Å². The zero-order valence-corrected chi connectivity index (χ0v) is 17.3. The average Bonchev–Trinajstić information content (AvgIpc) is 2.74. The Kier molecular flexibility index (Phi) is 5.23. The Labute approximate surface area is 170 Å². The lowest BCUT2D eigenvalue weighted by atomic mass is 10.2. The number of aryl methyl sites for hydroxylation is 2. The van der Waals surface area contributed by atoms with E-state index in [9.17, 15) is 13.2 Å². The minimum absolute atomic E-state index is 0.150. The number of para-hydroxylation sites is 2. The molecular weight excluding hydrogens is 392 g/mol. The van der Waals surface area contributed by atoms with Gasteiger partial charge < -0.3 is 14.4 Å². The second kappa shape index (κ2) is 7.68. The van der Waals surface area contributed by atoms with Gasteiger partial charge in [-0.3, -0.25) is 4.79 Å². The summed E-state index contributed by atoms with van der Waals surface area (Å²) in [6, 6.07) is 12.7. The van der Waals surface area contributed by atoms with Crippen molar-refractivity contribution in [3.63, 3.8) is 0 Å². The first-order valence-corrected chi connectivity index (χ1v) is 11.0. The Balaban J connectivity index is 1.42. The average molecular weight is 416 g/mol. The normalized spacial score (nSPS) is 19.8. The van der Waals surface area contributed by atoms with E-state index in [1.807, 2.05) is 31.2 Å². The number of nitrogens with zero attached hydrogens (tertiary/aromatic N) is 2. The lowest BCUT2D eigenvalue weighted by Crippen LogP contribution is -2.55. The van der Waals surface area contributed by atoms with E-state index in [1.165, 1.54) is 4.31 Å². The predicted molar refractivity (Wildman–Crippen MR) is 108 cm³/mol. The maximum absolute atomic E-state index is 13.1. The monoisotopic (exact) mass is 416 g/mol. The second-order valence-corrected chi connectivity index (χ2v) is 9.27. The van der Waals surface area contributed by atoms with E-state index in [2.05, 4.69) is 0 Å².